The number of nitrogens with one attached hydrogen (secondary N) is 1. The average molecular weight is 465 g/mol. The van der Waals surface area contributed by atoms with Crippen LogP contribution in [0.3, 0.4) is 0 Å². The molecule has 2 aromatic heterocycles. The van der Waals surface area contributed by atoms with Gasteiger partial charge in [-0.15, -0.1) is 0 Å². The highest BCUT2D eigenvalue weighted by atomic mass is 19.1. The second kappa shape index (κ2) is 8.66. The van der Waals surface area contributed by atoms with Crippen molar-refractivity contribution in [2.45, 2.75) is 57.4 Å². The lowest BCUT2D eigenvalue weighted by Crippen LogP contribution is -2.51. The van der Waals surface area contributed by atoms with Crippen LogP contribution in [0.15, 0.2) is 35.1 Å². The van der Waals surface area contributed by atoms with Crippen LogP contribution < -0.4 is 21.7 Å². The SMILES string of the molecule is CC1(C(=O)Nc2ccc(F)nc2)CCCN1c1nc2c(c(N=C(N)/C=C(\N)C3CC3)n1)CCC2. The predicted molar refractivity (Wildman–Crippen MR) is 128 cm³/mol. The van der Waals surface area contributed by atoms with Gasteiger partial charge in [0.05, 0.1) is 17.6 Å². The molecule has 1 unspecified atom stereocenters. The number of halogens is 1. The zero-order valence-corrected chi connectivity index (χ0v) is 19.2. The van der Waals surface area contributed by atoms with Crippen LogP contribution in [0, 0.1) is 11.9 Å². The minimum atomic E-state index is -0.871. The van der Waals surface area contributed by atoms with E-state index in [4.69, 9.17) is 21.4 Å². The van der Waals surface area contributed by atoms with E-state index in [0.717, 1.165) is 55.5 Å². The summed E-state index contributed by atoms with van der Waals surface area (Å²) in [6, 6.07) is 2.71. The number of amidine groups is 1. The van der Waals surface area contributed by atoms with Crippen LogP contribution in [0.5, 0.6) is 0 Å². The maximum Gasteiger partial charge on any atom is 0.250 e. The molecule has 1 aliphatic heterocycles. The maximum absolute atomic E-state index is 13.3. The van der Waals surface area contributed by atoms with E-state index in [9.17, 15) is 9.18 Å². The standard InChI is InChI=1S/C24H29FN8O/c1-24(22(34)29-15-8-9-19(25)28-13-15)10-3-11-33(24)23-30-18-5-2-4-16(18)21(32-23)31-20(27)12-17(26)14-6-7-14/h8-9,12-14H,2-7,10-11,26H2,1H3,(H,29,34)(H2,27,30,31,32)/b17-12-. The van der Waals surface area contributed by atoms with E-state index in [-0.39, 0.29) is 5.91 Å². The Morgan fingerprint density at radius 3 is 2.82 bits per heavy atom. The van der Waals surface area contributed by atoms with Crippen LogP contribution in [0.1, 0.15) is 50.3 Å². The number of anilines is 2. The summed E-state index contributed by atoms with van der Waals surface area (Å²) in [4.78, 5) is 33.0. The van der Waals surface area contributed by atoms with E-state index in [2.05, 4.69) is 15.3 Å². The molecule has 1 saturated carbocycles. The largest absolute Gasteiger partial charge is 0.402 e. The Kier molecular flexibility index (Phi) is 5.66. The van der Waals surface area contributed by atoms with E-state index in [1.807, 2.05) is 11.8 Å². The van der Waals surface area contributed by atoms with Gasteiger partial charge < -0.3 is 21.7 Å². The molecule has 0 spiro atoms. The number of nitrogens with zero attached hydrogens (tertiary/aromatic N) is 5. The average Bonchev–Trinajstić information content (AvgIpc) is 3.42. The summed E-state index contributed by atoms with van der Waals surface area (Å²) in [7, 11) is 0. The van der Waals surface area contributed by atoms with Crippen LogP contribution >= 0.6 is 0 Å². The number of amides is 1. The zero-order chi connectivity index (χ0) is 23.9. The fourth-order valence-electron chi connectivity index (χ4n) is 4.71. The Hall–Kier alpha value is -3.56. The first kappa shape index (κ1) is 22.2. The Balaban J connectivity index is 1.45. The highest BCUT2D eigenvalue weighted by Gasteiger charge is 2.45. The van der Waals surface area contributed by atoms with Crippen molar-refractivity contribution in [3.8, 4) is 0 Å². The number of carbonyl (C=O) groups is 1. The number of carbonyl (C=O) groups excluding carboxylic acids is 1. The molecule has 178 valence electrons. The summed E-state index contributed by atoms with van der Waals surface area (Å²) in [6.45, 7) is 2.51. The van der Waals surface area contributed by atoms with Crippen molar-refractivity contribution in [2.75, 3.05) is 16.8 Å². The van der Waals surface area contributed by atoms with Crippen molar-refractivity contribution in [2.24, 2.45) is 22.4 Å². The summed E-state index contributed by atoms with van der Waals surface area (Å²) in [5, 5.41) is 2.85. The van der Waals surface area contributed by atoms with Crippen molar-refractivity contribution in [3.05, 3.63) is 47.3 Å². The van der Waals surface area contributed by atoms with Gasteiger partial charge in [-0.25, -0.2) is 15.0 Å². The van der Waals surface area contributed by atoms with Crippen LogP contribution in [0.25, 0.3) is 0 Å². The van der Waals surface area contributed by atoms with E-state index in [1.54, 1.807) is 6.08 Å². The molecule has 5 N–H and O–H groups in total. The summed E-state index contributed by atoms with van der Waals surface area (Å²) in [5.74, 6) is 0.937. The minimum absolute atomic E-state index is 0.216. The molecule has 2 aromatic rings. The monoisotopic (exact) mass is 464 g/mol. The molecule has 10 heteroatoms. The molecule has 0 bridgehead atoms. The number of rotatable bonds is 6. The molecular formula is C24H29FN8O. The number of hydrogen-bond donors (Lipinski definition) is 3. The normalized spacial score (nSPS) is 22.7. The molecule has 0 aromatic carbocycles. The summed E-state index contributed by atoms with van der Waals surface area (Å²) in [6.07, 6.45) is 9.32. The number of aryl methyl sites for hydroxylation is 1. The molecule has 0 radical (unpaired) electrons. The quantitative estimate of drug-likeness (QED) is 0.340. The molecule has 34 heavy (non-hydrogen) atoms. The second-order valence-corrected chi connectivity index (χ2v) is 9.43. The van der Waals surface area contributed by atoms with Crippen molar-refractivity contribution in [1.82, 2.24) is 15.0 Å². The van der Waals surface area contributed by atoms with Crippen LogP contribution in [-0.4, -0.2) is 38.8 Å². The molecule has 5 rings (SSSR count). The Morgan fingerprint density at radius 2 is 2.09 bits per heavy atom. The lowest BCUT2D eigenvalue weighted by molar-refractivity contribution is -0.120. The summed E-state index contributed by atoms with van der Waals surface area (Å²) < 4.78 is 13.2. The number of fused-ring (bicyclic) bond motifs is 1. The number of aliphatic imine (C=N–C) groups is 1. The predicted octanol–water partition coefficient (Wildman–Crippen LogP) is 2.74. The molecule has 3 aliphatic rings. The van der Waals surface area contributed by atoms with E-state index >= 15 is 0 Å². The third-order valence-electron chi connectivity index (χ3n) is 6.85. The number of hydrogen-bond acceptors (Lipinski definition) is 7. The van der Waals surface area contributed by atoms with Crippen LogP contribution in [-0.2, 0) is 17.6 Å². The molecule has 3 heterocycles. The summed E-state index contributed by atoms with van der Waals surface area (Å²) >= 11 is 0. The third-order valence-corrected chi connectivity index (χ3v) is 6.85. The maximum atomic E-state index is 13.3. The van der Waals surface area contributed by atoms with Crippen LogP contribution in [0.2, 0.25) is 0 Å². The highest BCUT2D eigenvalue weighted by molar-refractivity contribution is 6.00. The Labute approximate surface area is 197 Å². The second-order valence-electron chi connectivity index (χ2n) is 9.43. The number of pyridine rings is 1. The molecular weight excluding hydrogens is 435 g/mol. The van der Waals surface area contributed by atoms with Crippen molar-refractivity contribution >= 4 is 29.2 Å². The van der Waals surface area contributed by atoms with Crippen LogP contribution in [0.4, 0.5) is 21.8 Å². The first-order valence-corrected chi connectivity index (χ1v) is 11.7. The van der Waals surface area contributed by atoms with Gasteiger partial charge in [0.15, 0.2) is 5.82 Å². The fourth-order valence-corrected chi connectivity index (χ4v) is 4.71. The van der Waals surface area contributed by atoms with Gasteiger partial charge in [-0.3, -0.25) is 4.79 Å². The lowest BCUT2D eigenvalue weighted by Gasteiger charge is -2.34. The third kappa shape index (κ3) is 4.32. The van der Waals surface area contributed by atoms with Gasteiger partial charge in [0.25, 0.3) is 0 Å². The van der Waals surface area contributed by atoms with Gasteiger partial charge >= 0.3 is 0 Å². The van der Waals surface area contributed by atoms with Crippen molar-refractivity contribution < 1.29 is 9.18 Å². The lowest BCUT2D eigenvalue weighted by atomic mass is 9.97. The van der Waals surface area contributed by atoms with E-state index in [0.29, 0.717) is 42.2 Å². The molecule has 1 atom stereocenters. The highest BCUT2D eigenvalue weighted by Crippen LogP contribution is 2.37. The van der Waals surface area contributed by atoms with E-state index < -0.39 is 11.5 Å². The smallest absolute Gasteiger partial charge is 0.250 e. The first-order valence-electron chi connectivity index (χ1n) is 11.7. The number of nitrogens with two attached hydrogens (primary N) is 2. The van der Waals surface area contributed by atoms with Gasteiger partial charge in [-0.1, -0.05) is 0 Å². The molecule has 1 saturated heterocycles. The Morgan fingerprint density at radius 1 is 1.26 bits per heavy atom. The summed E-state index contributed by atoms with van der Waals surface area (Å²) in [5.41, 5.74) is 14.6. The molecule has 2 aliphatic carbocycles. The van der Waals surface area contributed by atoms with E-state index in [1.165, 1.54) is 18.3 Å². The number of allylic oxidation sites excluding steroid dienone is 1. The van der Waals surface area contributed by atoms with Gasteiger partial charge in [0.1, 0.15) is 11.4 Å². The molecule has 9 nitrogen and oxygen atoms in total. The minimum Gasteiger partial charge on any atom is -0.402 e. The van der Waals surface area contributed by atoms with Crippen molar-refractivity contribution in [1.29, 1.82) is 0 Å². The first-order chi connectivity index (χ1) is 16.3. The molecule has 2 fully saturated rings. The number of aromatic nitrogens is 3. The van der Waals surface area contributed by atoms with Crippen molar-refractivity contribution in [3.63, 3.8) is 0 Å². The van der Waals surface area contributed by atoms with Gasteiger partial charge in [0, 0.05) is 17.8 Å². The fraction of sp³-hybridized carbons (Fsp3) is 0.458. The van der Waals surface area contributed by atoms with Gasteiger partial charge in [-0.2, -0.15) is 9.37 Å². The zero-order valence-electron chi connectivity index (χ0n) is 19.2. The van der Waals surface area contributed by atoms with Gasteiger partial charge in [-0.05, 0) is 76.0 Å². The topological polar surface area (TPSA) is 135 Å². The van der Waals surface area contributed by atoms with Gasteiger partial charge in [0.2, 0.25) is 17.8 Å². The Bertz CT molecular complexity index is 1170. The molecule has 1 amide bonds.